The van der Waals surface area contributed by atoms with Crippen molar-refractivity contribution in [3.8, 4) is 11.4 Å². The second kappa shape index (κ2) is 6.71. The van der Waals surface area contributed by atoms with Crippen molar-refractivity contribution in [3.63, 3.8) is 0 Å². The molecule has 0 aliphatic heterocycles. The van der Waals surface area contributed by atoms with Crippen molar-refractivity contribution in [3.05, 3.63) is 82.8 Å². The Hall–Kier alpha value is -2.62. The normalized spacial score (nSPS) is 10.8. The van der Waals surface area contributed by atoms with E-state index < -0.39 is 0 Å². The number of nitrogens with one attached hydrogen (secondary N) is 1. The molecule has 0 radical (unpaired) electrons. The van der Waals surface area contributed by atoms with E-state index in [4.69, 9.17) is 28.2 Å². The smallest absolute Gasteiger partial charge is 0.162 e. The summed E-state index contributed by atoms with van der Waals surface area (Å²) in [6.45, 7) is 0. The fourth-order valence-corrected chi connectivity index (χ4v) is 2.96. The van der Waals surface area contributed by atoms with Gasteiger partial charge in [0.2, 0.25) is 0 Å². The molecule has 1 heterocycles. The molecule has 0 bridgehead atoms. The molecule has 1 aromatic heterocycles. The second-order valence-corrected chi connectivity index (χ2v) is 6.37. The molecular weight excluding hydrogens is 353 g/mol. The molecule has 4 rings (SSSR count). The predicted molar refractivity (Wildman–Crippen MR) is 105 cm³/mol. The highest BCUT2D eigenvalue weighted by Crippen LogP contribution is 2.31. The average Bonchev–Trinajstić information content (AvgIpc) is 2.64. The zero-order chi connectivity index (χ0) is 17.2. The van der Waals surface area contributed by atoms with E-state index in [-0.39, 0.29) is 0 Å². The van der Waals surface area contributed by atoms with Crippen LogP contribution in [0.25, 0.3) is 22.3 Å². The summed E-state index contributed by atoms with van der Waals surface area (Å²) in [6.07, 6.45) is 0. The molecule has 25 heavy (non-hydrogen) atoms. The molecular formula is C20H13Cl2N3. The number of halogens is 2. The minimum absolute atomic E-state index is 0.623. The van der Waals surface area contributed by atoms with E-state index in [0.29, 0.717) is 21.7 Å². The second-order valence-electron chi connectivity index (χ2n) is 5.53. The van der Waals surface area contributed by atoms with Crippen LogP contribution in [0.3, 0.4) is 0 Å². The lowest BCUT2D eigenvalue weighted by Gasteiger charge is -2.12. The quantitative estimate of drug-likeness (QED) is 0.459. The lowest BCUT2D eigenvalue weighted by atomic mass is 10.2. The molecule has 0 spiro atoms. The van der Waals surface area contributed by atoms with Crippen molar-refractivity contribution in [1.82, 2.24) is 9.97 Å². The minimum atomic E-state index is 0.623. The molecule has 3 aromatic carbocycles. The first-order valence-electron chi connectivity index (χ1n) is 7.75. The third-order valence-corrected chi connectivity index (χ3v) is 4.38. The number of nitrogens with zero attached hydrogens (tertiary/aromatic N) is 2. The minimum Gasteiger partial charge on any atom is -0.338 e. The number of aromatic nitrogens is 2. The topological polar surface area (TPSA) is 37.8 Å². The standard InChI is InChI=1S/C20H13Cl2N3/c21-14-10-11-17-15(12-14)20(24-18-9-5-4-8-16(18)22)25-19(23-17)13-6-2-1-3-7-13/h1-12H,(H,23,24,25). The van der Waals surface area contributed by atoms with Crippen molar-refractivity contribution in [2.75, 3.05) is 5.32 Å². The molecule has 3 nitrogen and oxygen atoms in total. The number of rotatable bonds is 3. The zero-order valence-electron chi connectivity index (χ0n) is 13.1. The van der Waals surface area contributed by atoms with Crippen LogP contribution in [-0.4, -0.2) is 9.97 Å². The van der Waals surface area contributed by atoms with Gasteiger partial charge in [-0.2, -0.15) is 0 Å². The number of fused-ring (bicyclic) bond motifs is 1. The highest BCUT2D eigenvalue weighted by Gasteiger charge is 2.11. The summed E-state index contributed by atoms with van der Waals surface area (Å²) < 4.78 is 0. The van der Waals surface area contributed by atoms with Crippen LogP contribution in [0.1, 0.15) is 0 Å². The van der Waals surface area contributed by atoms with Crippen LogP contribution in [0.15, 0.2) is 72.8 Å². The van der Waals surface area contributed by atoms with Crippen molar-refractivity contribution < 1.29 is 0 Å². The molecule has 0 aliphatic carbocycles. The molecule has 0 saturated heterocycles. The first-order valence-corrected chi connectivity index (χ1v) is 8.50. The summed E-state index contributed by atoms with van der Waals surface area (Å²) in [5, 5.41) is 5.40. The third-order valence-electron chi connectivity index (χ3n) is 3.82. The number of hydrogen-bond donors (Lipinski definition) is 1. The van der Waals surface area contributed by atoms with E-state index >= 15 is 0 Å². The van der Waals surface area contributed by atoms with Crippen molar-refractivity contribution in [2.45, 2.75) is 0 Å². The molecule has 0 atom stereocenters. The lowest BCUT2D eigenvalue weighted by molar-refractivity contribution is 1.22. The molecule has 0 aliphatic rings. The Morgan fingerprint density at radius 3 is 2.32 bits per heavy atom. The van der Waals surface area contributed by atoms with Crippen LogP contribution in [0, 0.1) is 0 Å². The van der Waals surface area contributed by atoms with Gasteiger partial charge in [0.25, 0.3) is 0 Å². The van der Waals surface area contributed by atoms with Gasteiger partial charge in [0, 0.05) is 16.0 Å². The maximum absolute atomic E-state index is 6.28. The van der Waals surface area contributed by atoms with Crippen LogP contribution in [0.4, 0.5) is 11.5 Å². The van der Waals surface area contributed by atoms with Crippen LogP contribution >= 0.6 is 23.2 Å². The SMILES string of the molecule is Clc1ccc2nc(-c3ccccc3)nc(Nc3ccccc3Cl)c2c1. The van der Waals surface area contributed by atoms with Gasteiger partial charge in [-0.15, -0.1) is 0 Å². The first kappa shape index (κ1) is 15.9. The Kier molecular flexibility index (Phi) is 4.26. The van der Waals surface area contributed by atoms with Crippen LogP contribution in [0.2, 0.25) is 10.0 Å². The Labute approximate surface area is 155 Å². The molecule has 122 valence electrons. The Morgan fingerprint density at radius 1 is 0.760 bits per heavy atom. The molecule has 0 fully saturated rings. The Bertz CT molecular complexity index is 1050. The molecule has 0 saturated carbocycles. The number of benzene rings is 3. The third kappa shape index (κ3) is 3.29. The molecule has 5 heteroatoms. The number of anilines is 2. The van der Waals surface area contributed by atoms with Gasteiger partial charge in [-0.05, 0) is 30.3 Å². The summed E-state index contributed by atoms with van der Waals surface area (Å²) in [5.74, 6) is 1.31. The maximum Gasteiger partial charge on any atom is 0.162 e. The summed E-state index contributed by atoms with van der Waals surface area (Å²) in [4.78, 5) is 9.38. The van der Waals surface area contributed by atoms with Crippen molar-refractivity contribution >= 4 is 45.6 Å². The van der Waals surface area contributed by atoms with Crippen LogP contribution in [-0.2, 0) is 0 Å². The fourth-order valence-electron chi connectivity index (χ4n) is 2.60. The monoisotopic (exact) mass is 365 g/mol. The van der Waals surface area contributed by atoms with Gasteiger partial charge < -0.3 is 5.32 Å². The van der Waals surface area contributed by atoms with Crippen molar-refractivity contribution in [2.24, 2.45) is 0 Å². The van der Waals surface area contributed by atoms with Gasteiger partial charge in [-0.3, -0.25) is 0 Å². The highest BCUT2D eigenvalue weighted by atomic mass is 35.5. The van der Waals surface area contributed by atoms with E-state index in [1.807, 2.05) is 72.8 Å². The van der Waals surface area contributed by atoms with Gasteiger partial charge in [0.15, 0.2) is 5.82 Å². The highest BCUT2D eigenvalue weighted by molar-refractivity contribution is 6.33. The van der Waals surface area contributed by atoms with E-state index in [1.165, 1.54) is 0 Å². The number of para-hydroxylation sites is 1. The van der Waals surface area contributed by atoms with Crippen LogP contribution < -0.4 is 5.32 Å². The van der Waals surface area contributed by atoms with Gasteiger partial charge in [0.05, 0.1) is 16.2 Å². The van der Waals surface area contributed by atoms with Gasteiger partial charge in [0.1, 0.15) is 5.82 Å². The maximum atomic E-state index is 6.28. The van der Waals surface area contributed by atoms with Gasteiger partial charge >= 0.3 is 0 Å². The first-order chi connectivity index (χ1) is 12.2. The summed E-state index contributed by atoms with van der Waals surface area (Å²) in [6, 6.07) is 23.0. The van der Waals surface area contributed by atoms with E-state index in [2.05, 4.69) is 10.3 Å². The van der Waals surface area contributed by atoms with E-state index in [9.17, 15) is 0 Å². The Morgan fingerprint density at radius 2 is 1.52 bits per heavy atom. The summed E-state index contributed by atoms with van der Waals surface area (Å²) >= 11 is 12.5. The van der Waals surface area contributed by atoms with Crippen molar-refractivity contribution in [1.29, 1.82) is 0 Å². The van der Waals surface area contributed by atoms with Gasteiger partial charge in [-0.25, -0.2) is 9.97 Å². The zero-order valence-corrected chi connectivity index (χ0v) is 14.6. The number of hydrogen-bond acceptors (Lipinski definition) is 3. The Balaban J connectivity index is 1.91. The average molecular weight is 366 g/mol. The lowest BCUT2D eigenvalue weighted by Crippen LogP contribution is -1.99. The van der Waals surface area contributed by atoms with Crippen LogP contribution in [0.5, 0.6) is 0 Å². The molecule has 4 aromatic rings. The fraction of sp³-hybridized carbons (Fsp3) is 0. The van der Waals surface area contributed by atoms with Gasteiger partial charge in [-0.1, -0.05) is 65.7 Å². The molecule has 0 amide bonds. The van der Waals surface area contributed by atoms with E-state index in [0.717, 1.165) is 22.2 Å². The molecule has 0 unspecified atom stereocenters. The van der Waals surface area contributed by atoms with E-state index in [1.54, 1.807) is 0 Å². The predicted octanol–water partition coefficient (Wildman–Crippen LogP) is 6.35. The molecule has 1 N–H and O–H groups in total. The summed E-state index contributed by atoms with van der Waals surface area (Å²) in [5.41, 5.74) is 2.54. The largest absolute Gasteiger partial charge is 0.338 e. The summed E-state index contributed by atoms with van der Waals surface area (Å²) in [7, 11) is 0.